The summed E-state index contributed by atoms with van der Waals surface area (Å²) in [4.78, 5) is 2.68. The lowest BCUT2D eigenvalue weighted by molar-refractivity contribution is 0.193. The van der Waals surface area contributed by atoms with E-state index in [1.807, 2.05) is 0 Å². The number of likely N-dealkylation sites (tertiary alicyclic amines) is 1. The maximum Gasteiger partial charge on any atom is 0.0113 e. The number of hydrogen-bond acceptors (Lipinski definition) is 2. The van der Waals surface area contributed by atoms with Gasteiger partial charge in [-0.15, -0.1) is 0 Å². The van der Waals surface area contributed by atoms with Gasteiger partial charge in [0.2, 0.25) is 0 Å². The van der Waals surface area contributed by atoms with Gasteiger partial charge in [0.05, 0.1) is 0 Å². The van der Waals surface area contributed by atoms with E-state index >= 15 is 0 Å². The molecule has 1 rings (SSSR count). The van der Waals surface area contributed by atoms with E-state index in [1.165, 1.54) is 25.8 Å². The second-order valence-corrected chi connectivity index (χ2v) is 5.90. The highest BCUT2D eigenvalue weighted by Gasteiger charge is 2.28. The van der Waals surface area contributed by atoms with Gasteiger partial charge < -0.3 is 5.32 Å². The molecule has 0 aromatic carbocycles. The van der Waals surface area contributed by atoms with Gasteiger partial charge in [-0.05, 0) is 47.0 Å². The Morgan fingerprint density at radius 2 is 1.93 bits per heavy atom. The fourth-order valence-corrected chi connectivity index (χ4v) is 2.53. The Morgan fingerprint density at radius 3 is 2.47 bits per heavy atom. The van der Waals surface area contributed by atoms with Crippen molar-refractivity contribution in [3.63, 3.8) is 0 Å². The van der Waals surface area contributed by atoms with Crippen molar-refractivity contribution in [2.75, 3.05) is 13.1 Å². The molecule has 0 bridgehead atoms. The van der Waals surface area contributed by atoms with Gasteiger partial charge in [0.1, 0.15) is 0 Å². The third-order valence-corrected chi connectivity index (χ3v) is 3.45. The van der Waals surface area contributed by atoms with Crippen LogP contribution in [0.2, 0.25) is 0 Å². The quantitative estimate of drug-likeness (QED) is 0.770. The monoisotopic (exact) mass is 212 g/mol. The standard InChI is InChI=1S/C13H28N2/c1-6-12-8-7-11(2)15(12)10-9-14-13(3,4)5/h11-12,14H,6-10H2,1-5H3. The predicted molar refractivity (Wildman–Crippen MR) is 67.2 cm³/mol. The zero-order valence-electron chi connectivity index (χ0n) is 11.1. The van der Waals surface area contributed by atoms with Crippen molar-refractivity contribution >= 4 is 0 Å². The molecule has 1 fully saturated rings. The molecule has 0 spiro atoms. The molecule has 15 heavy (non-hydrogen) atoms. The molecule has 0 aromatic rings. The first-order valence-corrected chi connectivity index (χ1v) is 6.45. The summed E-state index contributed by atoms with van der Waals surface area (Å²) >= 11 is 0. The molecule has 2 nitrogen and oxygen atoms in total. The van der Waals surface area contributed by atoms with Crippen LogP contribution >= 0.6 is 0 Å². The van der Waals surface area contributed by atoms with Crippen molar-refractivity contribution in [2.45, 2.75) is 71.5 Å². The van der Waals surface area contributed by atoms with E-state index in [0.717, 1.165) is 18.6 Å². The summed E-state index contributed by atoms with van der Waals surface area (Å²) in [6, 6.07) is 1.62. The normalized spacial score (nSPS) is 28.6. The molecular weight excluding hydrogens is 184 g/mol. The lowest BCUT2D eigenvalue weighted by Crippen LogP contribution is -2.44. The van der Waals surface area contributed by atoms with Crippen LogP contribution in [0.4, 0.5) is 0 Å². The molecule has 2 unspecified atom stereocenters. The molecule has 0 amide bonds. The van der Waals surface area contributed by atoms with Crippen molar-refractivity contribution in [1.29, 1.82) is 0 Å². The van der Waals surface area contributed by atoms with Gasteiger partial charge in [-0.25, -0.2) is 0 Å². The van der Waals surface area contributed by atoms with Gasteiger partial charge in [0, 0.05) is 30.7 Å². The number of hydrogen-bond donors (Lipinski definition) is 1. The Morgan fingerprint density at radius 1 is 1.27 bits per heavy atom. The molecule has 2 atom stereocenters. The molecule has 1 heterocycles. The number of nitrogens with one attached hydrogen (secondary N) is 1. The van der Waals surface area contributed by atoms with E-state index in [0.29, 0.717) is 0 Å². The summed E-state index contributed by atoms with van der Waals surface area (Å²) in [5.74, 6) is 0. The molecule has 2 heteroatoms. The van der Waals surface area contributed by atoms with Crippen LogP contribution in [0.3, 0.4) is 0 Å². The smallest absolute Gasteiger partial charge is 0.0113 e. The van der Waals surface area contributed by atoms with E-state index in [-0.39, 0.29) is 5.54 Å². The molecule has 1 aliphatic rings. The molecule has 1 saturated heterocycles. The summed E-state index contributed by atoms with van der Waals surface area (Å²) in [6.45, 7) is 13.7. The maximum atomic E-state index is 3.57. The van der Waals surface area contributed by atoms with E-state index < -0.39 is 0 Å². The van der Waals surface area contributed by atoms with E-state index in [1.54, 1.807) is 0 Å². The molecule has 90 valence electrons. The largest absolute Gasteiger partial charge is 0.311 e. The highest BCUT2D eigenvalue weighted by molar-refractivity contribution is 4.85. The van der Waals surface area contributed by atoms with Gasteiger partial charge in [-0.1, -0.05) is 6.92 Å². The van der Waals surface area contributed by atoms with Gasteiger partial charge in [-0.2, -0.15) is 0 Å². The lowest BCUT2D eigenvalue weighted by Gasteiger charge is -2.29. The average Bonchev–Trinajstić information content (AvgIpc) is 2.46. The minimum atomic E-state index is 0.255. The first-order chi connectivity index (χ1) is 6.94. The molecule has 0 saturated carbocycles. The second-order valence-electron chi connectivity index (χ2n) is 5.90. The first kappa shape index (κ1) is 13.0. The molecule has 1 aliphatic heterocycles. The SMILES string of the molecule is CCC1CCC(C)N1CCNC(C)(C)C. The van der Waals surface area contributed by atoms with Gasteiger partial charge in [0.25, 0.3) is 0 Å². The van der Waals surface area contributed by atoms with Crippen molar-refractivity contribution in [3.05, 3.63) is 0 Å². The Kier molecular flexibility index (Phi) is 4.60. The van der Waals surface area contributed by atoms with Gasteiger partial charge >= 0.3 is 0 Å². The minimum Gasteiger partial charge on any atom is -0.311 e. The summed E-state index contributed by atoms with van der Waals surface area (Å²) in [6.07, 6.45) is 4.08. The number of nitrogens with zero attached hydrogens (tertiary/aromatic N) is 1. The first-order valence-electron chi connectivity index (χ1n) is 6.45. The van der Waals surface area contributed by atoms with Crippen LogP contribution < -0.4 is 5.32 Å². The molecule has 0 aromatic heterocycles. The van der Waals surface area contributed by atoms with Gasteiger partial charge in [-0.3, -0.25) is 4.90 Å². The van der Waals surface area contributed by atoms with Crippen molar-refractivity contribution < 1.29 is 0 Å². The van der Waals surface area contributed by atoms with Crippen LogP contribution in [-0.4, -0.2) is 35.6 Å². The van der Waals surface area contributed by atoms with E-state index in [4.69, 9.17) is 0 Å². The van der Waals surface area contributed by atoms with Crippen LogP contribution in [0.1, 0.15) is 53.9 Å². The highest BCUT2D eigenvalue weighted by atomic mass is 15.2. The topological polar surface area (TPSA) is 15.3 Å². The van der Waals surface area contributed by atoms with Crippen LogP contribution in [0, 0.1) is 0 Å². The fraction of sp³-hybridized carbons (Fsp3) is 1.00. The second kappa shape index (κ2) is 5.31. The Balaban J connectivity index is 2.30. The average molecular weight is 212 g/mol. The third-order valence-electron chi connectivity index (χ3n) is 3.45. The Bertz CT molecular complexity index is 183. The van der Waals surface area contributed by atoms with Crippen molar-refractivity contribution in [1.82, 2.24) is 10.2 Å². The summed E-state index contributed by atoms with van der Waals surface area (Å²) in [5, 5.41) is 3.57. The minimum absolute atomic E-state index is 0.255. The molecular formula is C13H28N2. The molecule has 0 aliphatic carbocycles. The van der Waals surface area contributed by atoms with Crippen LogP contribution in [0.15, 0.2) is 0 Å². The van der Waals surface area contributed by atoms with Crippen LogP contribution in [-0.2, 0) is 0 Å². The molecule has 1 N–H and O–H groups in total. The van der Waals surface area contributed by atoms with Crippen molar-refractivity contribution in [3.8, 4) is 0 Å². The zero-order valence-corrected chi connectivity index (χ0v) is 11.1. The zero-order chi connectivity index (χ0) is 11.5. The Labute approximate surface area is 95.4 Å². The highest BCUT2D eigenvalue weighted by Crippen LogP contribution is 2.25. The van der Waals surface area contributed by atoms with Crippen LogP contribution in [0.25, 0.3) is 0 Å². The van der Waals surface area contributed by atoms with Crippen molar-refractivity contribution in [2.24, 2.45) is 0 Å². The fourth-order valence-electron chi connectivity index (χ4n) is 2.53. The predicted octanol–water partition coefficient (Wildman–Crippen LogP) is 2.64. The Hall–Kier alpha value is -0.0800. The van der Waals surface area contributed by atoms with E-state index in [9.17, 15) is 0 Å². The summed E-state index contributed by atoms with van der Waals surface area (Å²) in [5.41, 5.74) is 0.255. The third kappa shape index (κ3) is 4.12. The van der Waals surface area contributed by atoms with Gasteiger partial charge in [0.15, 0.2) is 0 Å². The lowest BCUT2D eigenvalue weighted by atomic mass is 10.1. The van der Waals surface area contributed by atoms with Crippen LogP contribution in [0.5, 0.6) is 0 Å². The van der Waals surface area contributed by atoms with E-state index in [2.05, 4.69) is 44.8 Å². The summed E-state index contributed by atoms with van der Waals surface area (Å²) in [7, 11) is 0. The molecule has 0 radical (unpaired) electrons. The number of rotatable bonds is 4. The maximum absolute atomic E-state index is 3.57. The summed E-state index contributed by atoms with van der Waals surface area (Å²) < 4.78 is 0.